The van der Waals surface area contributed by atoms with Crippen LogP contribution in [0.5, 0.6) is 11.5 Å². The average Bonchev–Trinajstić information content (AvgIpc) is 3.63. The first kappa shape index (κ1) is 23.1. The van der Waals surface area contributed by atoms with Gasteiger partial charge in [-0.15, -0.1) is 11.3 Å². The van der Waals surface area contributed by atoms with E-state index in [1.165, 1.54) is 10.4 Å². The summed E-state index contributed by atoms with van der Waals surface area (Å²) >= 11 is 1.08. The lowest BCUT2D eigenvalue weighted by Crippen LogP contribution is -2.42. The summed E-state index contributed by atoms with van der Waals surface area (Å²) in [5, 5.41) is 4.57. The van der Waals surface area contributed by atoms with E-state index in [1.807, 2.05) is 18.2 Å². The third-order valence-corrected chi connectivity index (χ3v) is 9.85. The Balaban J connectivity index is 1.14. The van der Waals surface area contributed by atoms with Gasteiger partial charge in [0, 0.05) is 44.0 Å². The van der Waals surface area contributed by atoms with Gasteiger partial charge in [0.2, 0.25) is 12.7 Å². The number of benzene rings is 1. The zero-order chi connectivity index (χ0) is 23.7. The molecule has 0 spiro atoms. The van der Waals surface area contributed by atoms with Gasteiger partial charge in [-0.1, -0.05) is 6.07 Å². The highest BCUT2D eigenvalue weighted by Gasteiger charge is 2.33. The zero-order valence-corrected chi connectivity index (χ0v) is 20.3. The van der Waals surface area contributed by atoms with Crippen molar-refractivity contribution in [2.45, 2.75) is 36.4 Å². The summed E-state index contributed by atoms with van der Waals surface area (Å²) in [7, 11) is -3.68. The second-order valence-corrected chi connectivity index (χ2v) is 11.8. The number of carbonyl (C=O) groups is 2. The molecule has 9 nitrogen and oxygen atoms in total. The molecule has 2 saturated heterocycles. The molecule has 0 unspecified atom stereocenters. The van der Waals surface area contributed by atoms with E-state index in [9.17, 15) is 18.0 Å². The van der Waals surface area contributed by atoms with Gasteiger partial charge >= 0.3 is 0 Å². The molecule has 2 aromatic rings. The summed E-state index contributed by atoms with van der Waals surface area (Å²) in [6.45, 7) is 2.57. The van der Waals surface area contributed by atoms with Crippen LogP contribution in [-0.2, 0) is 21.4 Å². The van der Waals surface area contributed by atoms with Crippen LogP contribution in [0.3, 0.4) is 0 Å². The second-order valence-electron chi connectivity index (χ2n) is 8.74. The van der Waals surface area contributed by atoms with Crippen molar-refractivity contribution in [3.05, 3.63) is 40.8 Å². The van der Waals surface area contributed by atoms with Crippen molar-refractivity contribution >= 4 is 33.2 Å². The average molecular weight is 506 g/mol. The standard InChI is InChI=1S/C23H27N3O6S2/c27-22(24-13-16-3-4-19-20(11-16)32-15-31-19)17-5-9-26(10-6-17)34(29,30)21-12-18(14-33-21)23(28)25-7-1-2-8-25/h3-4,11-12,14,17H,1-2,5-10,13,15H2,(H,24,27). The molecule has 0 atom stereocenters. The number of piperidine rings is 1. The Morgan fingerprint density at radius 1 is 1.03 bits per heavy atom. The summed E-state index contributed by atoms with van der Waals surface area (Å²) in [6, 6.07) is 7.04. The maximum atomic E-state index is 13.1. The van der Waals surface area contributed by atoms with E-state index in [0.717, 1.165) is 42.8 Å². The van der Waals surface area contributed by atoms with Crippen LogP contribution in [0.1, 0.15) is 41.6 Å². The highest BCUT2D eigenvalue weighted by atomic mass is 32.2. The van der Waals surface area contributed by atoms with Crippen molar-refractivity contribution in [2.24, 2.45) is 5.92 Å². The number of sulfonamides is 1. The number of rotatable bonds is 6. The lowest BCUT2D eigenvalue weighted by molar-refractivity contribution is -0.126. The number of hydrogen-bond acceptors (Lipinski definition) is 7. The minimum atomic E-state index is -3.68. The van der Waals surface area contributed by atoms with Gasteiger partial charge in [-0.05, 0) is 49.4 Å². The minimum Gasteiger partial charge on any atom is -0.454 e. The molecule has 34 heavy (non-hydrogen) atoms. The van der Waals surface area contributed by atoms with Crippen LogP contribution in [0, 0.1) is 5.92 Å². The summed E-state index contributed by atoms with van der Waals surface area (Å²) in [5.41, 5.74) is 1.35. The predicted octanol–water partition coefficient (Wildman–Crippen LogP) is 2.43. The number of likely N-dealkylation sites (tertiary alicyclic amines) is 1. The van der Waals surface area contributed by atoms with Gasteiger partial charge in [-0.3, -0.25) is 9.59 Å². The maximum absolute atomic E-state index is 13.1. The number of thiophene rings is 1. The van der Waals surface area contributed by atoms with E-state index >= 15 is 0 Å². The first-order valence-electron chi connectivity index (χ1n) is 11.5. The highest BCUT2D eigenvalue weighted by Crippen LogP contribution is 2.33. The first-order chi connectivity index (χ1) is 16.4. The minimum absolute atomic E-state index is 0.0793. The topological polar surface area (TPSA) is 105 Å². The summed E-state index contributed by atoms with van der Waals surface area (Å²) in [5.74, 6) is 0.944. The number of fused-ring (bicyclic) bond motifs is 1. The highest BCUT2D eigenvalue weighted by molar-refractivity contribution is 7.91. The normalized spacial score (nSPS) is 18.9. The molecule has 2 fully saturated rings. The van der Waals surface area contributed by atoms with E-state index in [0.29, 0.717) is 36.4 Å². The second kappa shape index (κ2) is 9.55. The zero-order valence-electron chi connectivity index (χ0n) is 18.7. The van der Waals surface area contributed by atoms with Crippen LogP contribution < -0.4 is 14.8 Å². The van der Waals surface area contributed by atoms with Crippen LogP contribution in [0.25, 0.3) is 0 Å². The molecule has 0 aliphatic carbocycles. The van der Waals surface area contributed by atoms with Gasteiger partial charge in [0.05, 0.1) is 5.56 Å². The first-order valence-corrected chi connectivity index (χ1v) is 13.8. The van der Waals surface area contributed by atoms with E-state index in [2.05, 4.69) is 5.32 Å². The van der Waals surface area contributed by atoms with Crippen LogP contribution >= 0.6 is 11.3 Å². The monoisotopic (exact) mass is 505 g/mol. The predicted molar refractivity (Wildman–Crippen MR) is 125 cm³/mol. The van der Waals surface area contributed by atoms with Crippen molar-refractivity contribution in [3.8, 4) is 11.5 Å². The van der Waals surface area contributed by atoms with Crippen LogP contribution in [0.2, 0.25) is 0 Å². The number of nitrogens with zero attached hydrogens (tertiary/aromatic N) is 2. The Hall–Kier alpha value is -2.63. The van der Waals surface area contributed by atoms with Crippen LogP contribution in [-0.4, -0.2) is 62.4 Å². The van der Waals surface area contributed by atoms with Crippen molar-refractivity contribution in [1.29, 1.82) is 0 Å². The van der Waals surface area contributed by atoms with Crippen molar-refractivity contribution in [2.75, 3.05) is 33.0 Å². The summed E-state index contributed by atoms with van der Waals surface area (Å²) < 4.78 is 38.5. The molecule has 4 heterocycles. The fourth-order valence-corrected chi connectivity index (χ4v) is 7.31. The van der Waals surface area contributed by atoms with Gasteiger partial charge in [-0.25, -0.2) is 8.42 Å². The molecule has 3 aliphatic rings. The van der Waals surface area contributed by atoms with Crippen LogP contribution in [0.4, 0.5) is 0 Å². The Bertz CT molecular complexity index is 1180. The molecule has 2 amide bonds. The molecule has 11 heteroatoms. The maximum Gasteiger partial charge on any atom is 0.254 e. The molecule has 0 radical (unpaired) electrons. The number of amides is 2. The molecular formula is C23H27N3O6S2. The van der Waals surface area contributed by atoms with Gasteiger partial charge < -0.3 is 19.7 Å². The Morgan fingerprint density at radius 2 is 1.76 bits per heavy atom. The number of hydrogen-bond donors (Lipinski definition) is 1. The SMILES string of the molecule is O=C(NCc1ccc2c(c1)OCO2)C1CCN(S(=O)(=O)c2cc(C(=O)N3CCCC3)cs2)CC1. The van der Waals surface area contributed by atoms with E-state index < -0.39 is 10.0 Å². The van der Waals surface area contributed by atoms with Crippen LogP contribution in [0.15, 0.2) is 33.9 Å². The van der Waals surface area contributed by atoms with Crippen molar-refractivity contribution in [3.63, 3.8) is 0 Å². The lowest BCUT2D eigenvalue weighted by atomic mass is 9.97. The molecular weight excluding hydrogens is 478 g/mol. The number of ether oxygens (including phenoxy) is 2. The fraction of sp³-hybridized carbons (Fsp3) is 0.478. The molecule has 1 aromatic heterocycles. The smallest absolute Gasteiger partial charge is 0.254 e. The van der Waals surface area contributed by atoms with E-state index in [4.69, 9.17) is 9.47 Å². The molecule has 0 saturated carbocycles. The summed E-state index contributed by atoms with van der Waals surface area (Å²) in [6.07, 6.45) is 2.88. The van der Waals surface area contributed by atoms with Crippen molar-refractivity contribution < 1.29 is 27.5 Å². The van der Waals surface area contributed by atoms with Gasteiger partial charge in [0.25, 0.3) is 15.9 Å². The molecule has 3 aliphatic heterocycles. The van der Waals surface area contributed by atoms with Crippen molar-refractivity contribution in [1.82, 2.24) is 14.5 Å². The van der Waals surface area contributed by atoms with E-state index in [1.54, 1.807) is 10.3 Å². The molecule has 0 bridgehead atoms. The van der Waals surface area contributed by atoms with Gasteiger partial charge in [-0.2, -0.15) is 4.31 Å². The van der Waals surface area contributed by atoms with Gasteiger partial charge in [0.15, 0.2) is 11.5 Å². The van der Waals surface area contributed by atoms with E-state index in [-0.39, 0.29) is 41.8 Å². The molecule has 1 aromatic carbocycles. The largest absolute Gasteiger partial charge is 0.454 e. The number of nitrogens with one attached hydrogen (secondary N) is 1. The van der Waals surface area contributed by atoms with Gasteiger partial charge in [0.1, 0.15) is 4.21 Å². The Kier molecular flexibility index (Phi) is 6.50. The lowest BCUT2D eigenvalue weighted by Gasteiger charge is -2.30. The number of carbonyl (C=O) groups excluding carboxylic acids is 2. The quantitative estimate of drug-likeness (QED) is 0.647. The molecule has 182 valence electrons. The summed E-state index contributed by atoms with van der Waals surface area (Å²) in [4.78, 5) is 27.0. The Labute approximate surface area is 202 Å². The third-order valence-electron chi connectivity index (χ3n) is 6.54. The molecule has 5 rings (SSSR count). The fourth-order valence-electron chi connectivity index (χ4n) is 4.54. The third kappa shape index (κ3) is 4.64. The Morgan fingerprint density at radius 3 is 2.53 bits per heavy atom. The molecule has 1 N–H and O–H groups in total.